The lowest BCUT2D eigenvalue weighted by molar-refractivity contribution is 0.0745. The Bertz CT molecular complexity index is 206. The van der Waals surface area contributed by atoms with Crippen LogP contribution in [0.4, 0.5) is 4.79 Å². The molecule has 0 radical (unpaired) electrons. The summed E-state index contributed by atoms with van der Waals surface area (Å²) in [7, 11) is 0. The fraction of sp³-hybridized carbons (Fsp3) is 0.900. The minimum absolute atomic E-state index is 0.0494. The number of carbonyl (C=O) groups is 1. The van der Waals surface area contributed by atoms with E-state index in [9.17, 15) is 4.79 Å². The number of ether oxygens (including phenoxy) is 1. The normalized spacial score (nSPS) is 27.1. The molecule has 1 aliphatic heterocycles. The van der Waals surface area contributed by atoms with Crippen molar-refractivity contribution in [1.29, 1.82) is 0 Å². The fourth-order valence-corrected chi connectivity index (χ4v) is 1.84. The molecule has 4 nitrogen and oxygen atoms in total. The fourth-order valence-electron chi connectivity index (χ4n) is 1.84. The maximum absolute atomic E-state index is 11.6. The van der Waals surface area contributed by atoms with Crippen LogP contribution in [0.5, 0.6) is 0 Å². The second kappa shape index (κ2) is 4.64. The van der Waals surface area contributed by atoms with Crippen molar-refractivity contribution in [3.63, 3.8) is 0 Å². The van der Waals surface area contributed by atoms with Crippen molar-refractivity contribution < 1.29 is 9.53 Å². The van der Waals surface area contributed by atoms with Gasteiger partial charge in [-0.2, -0.15) is 0 Å². The summed E-state index contributed by atoms with van der Waals surface area (Å²) in [5.74, 6) is 0.435. The van der Waals surface area contributed by atoms with E-state index in [2.05, 4.69) is 0 Å². The molecule has 1 saturated heterocycles. The van der Waals surface area contributed by atoms with E-state index >= 15 is 0 Å². The quantitative estimate of drug-likeness (QED) is 0.728. The molecule has 14 heavy (non-hydrogen) atoms. The maximum Gasteiger partial charge on any atom is 0.410 e. The van der Waals surface area contributed by atoms with Crippen LogP contribution in [0.25, 0.3) is 0 Å². The van der Waals surface area contributed by atoms with Gasteiger partial charge in [0, 0.05) is 12.6 Å². The van der Waals surface area contributed by atoms with Gasteiger partial charge in [-0.1, -0.05) is 0 Å². The molecule has 0 spiro atoms. The van der Waals surface area contributed by atoms with Crippen LogP contribution in [-0.4, -0.2) is 36.2 Å². The van der Waals surface area contributed by atoms with E-state index in [1.54, 1.807) is 4.90 Å². The molecular formula is C10H20N2O2. The summed E-state index contributed by atoms with van der Waals surface area (Å²) < 4.78 is 5.14. The van der Waals surface area contributed by atoms with Gasteiger partial charge >= 0.3 is 6.09 Å². The van der Waals surface area contributed by atoms with Gasteiger partial charge in [0.1, 0.15) is 0 Å². The second-order valence-electron chi connectivity index (χ2n) is 4.27. The van der Waals surface area contributed by atoms with Crippen LogP contribution >= 0.6 is 0 Å². The minimum Gasteiger partial charge on any atom is -0.447 e. The van der Waals surface area contributed by atoms with Crippen LogP contribution in [0.3, 0.4) is 0 Å². The molecule has 0 bridgehead atoms. The molecule has 0 aromatic carbocycles. The van der Waals surface area contributed by atoms with Crippen LogP contribution in [0.15, 0.2) is 0 Å². The molecule has 82 valence electrons. The van der Waals surface area contributed by atoms with E-state index in [4.69, 9.17) is 10.5 Å². The third-order valence-corrected chi connectivity index (χ3v) is 2.57. The number of hydrogen-bond donors (Lipinski definition) is 1. The zero-order valence-corrected chi connectivity index (χ0v) is 9.19. The zero-order valence-electron chi connectivity index (χ0n) is 9.19. The Balaban J connectivity index is 2.48. The van der Waals surface area contributed by atoms with Crippen molar-refractivity contribution in [3.8, 4) is 0 Å². The Morgan fingerprint density at radius 2 is 2.29 bits per heavy atom. The van der Waals surface area contributed by atoms with Crippen molar-refractivity contribution in [2.45, 2.75) is 39.3 Å². The van der Waals surface area contributed by atoms with Crippen LogP contribution in [0, 0.1) is 5.92 Å². The molecule has 0 saturated carbocycles. The number of hydrogen-bond acceptors (Lipinski definition) is 3. The second-order valence-corrected chi connectivity index (χ2v) is 4.27. The largest absolute Gasteiger partial charge is 0.447 e. The highest BCUT2D eigenvalue weighted by Gasteiger charge is 2.32. The topological polar surface area (TPSA) is 55.6 Å². The van der Waals surface area contributed by atoms with Crippen LogP contribution in [0.2, 0.25) is 0 Å². The smallest absolute Gasteiger partial charge is 0.410 e. The molecule has 4 heteroatoms. The van der Waals surface area contributed by atoms with Crippen molar-refractivity contribution in [2.75, 3.05) is 13.1 Å². The summed E-state index contributed by atoms with van der Waals surface area (Å²) >= 11 is 0. The molecule has 2 atom stereocenters. The van der Waals surface area contributed by atoms with Crippen molar-refractivity contribution in [2.24, 2.45) is 11.7 Å². The third kappa shape index (κ3) is 2.61. The van der Waals surface area contributed by atoms with Gasteiger partial charge in [-0.15, -0.1) is 0 Å². The first kappa shape index (κ1) is 11.3. The van der Waals surface area contributed by atoms with Crippen LogP contribution in [-0.2, 0) is 4.74 Å². The Labute approximate surface area is 85.4 Å². The average molecular weight is 200 g/mol. The highest BCUT2D eigenvalue weighted by Crippen LogP contribution is 2.22. The number of likely N-dealkylation sites (tertiary alicyclic amines) is 1. The summed E-state index contributed by atoms with van der Waals surface area (Å²) in [4.78, 5) is 13.4. The molecule has 1 rings (SSSR count). The molecule has 1 fully saturated rings. The Hall–Kier alpha value is -0.770. The molecule has 1 heterocycles. The Morgan fingerprint density at radius 3 is 2.71 bits per heavy atom. The van der Waals surface area contributed by atoms with Crippen LogP contribution < -0.4 is 5.73 Å². The van der Waals surface area contributed by atoms with E-state index in [0.29, 0.717) is 12.5 Å². The molecule has 0 aromatic rings. The lowest BCUT2D eigenvalue weighted by Gasteiger charge is -2.22. The zero-order chi connectivity index (χ0) is 10.7. The SMILES string of the molecule is CC(C)OC(=O)N1CC(CN)CC1C. The summed E-state index contributed by atoms with van der Waals surface area (Å²) in [6.07, 6.45) is 0.735. The highest BCUT2D eigenvalue weighted by molar-refractivity contribution is 5.68. The number of carbonyl (C=O) groups excluding carboxylic acids is 1. The Morgan fingerprint density at radius 1 is 1.64 bits per heavy atom. The lowest BCUT2D eigenvalue weighted by Crippen LogP contribution is -2.36. The van der Waals surface area contributed by atoms with Crippen molar-refractivity contribution in [3.05, 3.63) is 0 Å². The number of nitrogens with two attached hydrogens (primary N) is 1. The van der Waals surface area contributed by atoms with Gasteiger partial charge < -0.3 is 15.4 Å². The Kier molecular flexibility index (Phi) is 3.75. The summed E-state index contributed by atoms with van der Waals surface area (Å²) in [6.45, 7) is 7.15. The van der Waals surface area contributed by atoms with Gasteiger partial charge in [0.25, 0.3) is 0 Å². The molecule has 2 unspecified atom stereocenters. The van der Waals surface area contributed by atoms with Crippen molar-refractivity contribution >= 4 is 6.09 Å². The van der Waals surface area contributed by atoms with E-state index in [0.717, 1.165) is 13.0 Å². The van der Waals surface area contributed by atoms with E-state index in [1.807, 2.05) is 20.8 Å². The third-order valence-electron chi connectivity index (χ3n) is 2.57. The minimum atomic E-state index is -0.205. The first-order valence-corrected chi connectivity index (χ1v) is 5.22. The van der Waals surface area contributed by atoms with Gasteiger partial charge in [-0.25, -0.2) is 4.79 Å². The van der Waals surface area contributed by atoms with E-state index in [-0.39, 0.29) is 18.2 Å². The molecular weight excluding hydrogens is 180 g/mol. The molecule has 2 N–H and O–H groups in total. The first-order chi connectivity index (χ1) is 6.54. The molecule has 1 aliphatic rings. The molecule has 1 amide bonds. The van der Waals surface area contributed by atoms with Crippen LogP contribution in [0.1, 0.15) is 27.2 Å². The maximum atomic E-state index is 11.6. The number of rotatable bonds is 2. The van der Waals surface area contributed by atoms with E-state index in [1.165, 1.54) is 0 Å². The molecule has 0 aliphatic carbocycles. The van der Waals surface area contributed by atoms with Gasteiger partial charge in [-0.05, 0) is 39.7 Å². The molecule has 0 aromatic heterocycles. The average Bonchev–Trinajstić information content (AvgIpc) is 2.45. The first-order valence-electron chi connectivity index (χ1n) is 5.22. The van der Waals surface area contributed by atoms with Gasteiger partial charge in [0.05, 0.1) is 6.10 Å². The summed E-state index contributed by atoms with van der Waals surface area (Å²) in [6, 6.07) is 0.259. The van der Waals surface area contributed by atoms with Gasteiger partial charge in [0.15, 0.2) is 0 Å². The monoisotopic (exact) mass is 200 g/mol. The number of nitrogens with zero attached hydrogens (tertiary/aromatic N) is 1. The highest BCUT2D eigenvalue weighted by atomic mass is 16.6. The summed E-state index contributed by atoms with van der Waals surface area (Å²) in [5.41, 5.74) is 5.58. The number of amides is 1. The standard InChI is InChI=1S/C10H20N2O2/c1-7(2)14-10(13)12-6-9(5-11)4-8(12)3/h7-9H,4-6,11H2,1-3H3. The van der Waals surface area contributed by atoms with Crippen molar-refractivity contribution in [1.82, 2.24) is 4.90 Å². The predicted molar refractivity (Wildman–Crippen MR) is 54.9 cm³/mol. The lowest BCUT2D eigenvalue weighted by atomic mass is 10.1. The summed E-state index contributed by atoms with van der Waals surface area (Å²) in [5, 5.41) is 0. The van der Waals surface area contributed by atoms with E-state index < -0.39 is 0 Å². The van der Waals surface area contributed by atoms with Gasteiger partial charge in [-0.3, -0.25) is 0 Å². The predicted octanol–water partition coefficient (Wildman–Crippen LogP) is 1.20. The van der Waals surface area contributed by atoms with Gasteiger partial charge in [0.2, 0.25) is 0 Å².